The van der Waals surface area contributed by atoms with Crippen LogP contribution in [0.1, 0.15) is 18.4 Å². The Balaban J connectivity index is 1.85. The predicted octanol–water partition coefficient (Wildman–Crippen LogP) is 1.33. The van der Waals surface area contributed by atoms with Gasteiger partial charge in [-0.05, 0) is 30.0 Å². The highest BCUT2D eigenvalue weighted by atomic mass is 32.2. The van der Waals surface area contributed by atoms with Crippen molar-refractivity contribution in [3.8, 4) is 0 Å². The first-order valence-corrected chi connectivity index (χ1v) is 9.02. The molecule has 0 aromatic heterocycles. The van der Waals surface area contributed by atoms with E-state index in [9.17, 15) is 17.6 Å². The van der Waals surface area contributed by atoms with Gasteiger partial charge in [-0.25, -0.2) is 12.8 Å². The van der Waals surface area contributed by atoms with Crippen molar-refractivity contribution in [3.05, 3.63) is 29.6 Å². The highest BCUT2D eigenvalue weighted by Gasteiger charge is 2.29. The van der Waals surface area contributed by atoms with Crippen molar-refractivity contribution in [2.75, 3.05) is 30.5 Å². The summed E-state index contributed by atoms with van der Waals surface area (Å²) in [6, 6.07) is 4.83. The van der Waals surface area contributed by atoms with Crippen LogP contribution in [0.15, 0.2) is 18.2 Å². The van der Waals surface area contributed by atoms with Crippen LogP contribution < -0.4 is 10.2 Å². The van der Waals surface area contributed by atoms with E-state index in [2.05, 4.69) is 5.32 Å². The van der Waals surface area contributed by atoms with Crippen molar-refractivity contribution < 1.29 is 17.6 Å². The van der Waals surface area contributed by atoms with Crippen LogP contribution in [-0.4, -0.2) is 39.9 Å². The zero-order valence-corrected chi connectivity index (χ0v) is 13.6. The van der Waals surface area contributed by atoms with E-state index in [4.69, 9.17) is 0 Å². The van der Waals surface area contributed by atoms with Gasteiger partial charge in [0.25, 0.3) is 0 Å². The van der Waals surface area contributed by atoms with E-state index in [-0.39, 0.29) is 42.1 Å². The number of nitrogens with one attached hydrogen (secondary N) is 1. The number of sulfone groups is 1. The molecule has 1 aromatic carbocycles. The van der Waals surface area contributed by atoms with Gasteiger partial charge in [0.2, 0.25) is 5.91 Å². The van der Waals surface area contributed by atoms with Crippen LogP contribution >= 0.6 is 0 Å². The summed E-state index contributed by atoms with van der Waals surface area (Å²) in [6.45, 7) is 0.239. The molecule has 5 nitrogen and oxygen atoms in total. The summed E-state index contributed by atoms with van der Waals surface area (Å²) in [6.07, 6.45) is 0.749. The zero-order valence-electron chi connectivity index (χ0n) is 12.8. The molecule has 1 fully saturated rings. The van der Waals surface area contributed by atoms with E-state index >= 15 is 0 Å². The molecular weight excluding hydrogens is 307 g/mol. The number of carbonyl (C=O) groups excluding carboxylic acids is 1. The van der Waals surface area contributed by atoms with Gasteiger partial charge in [0, 0.05) is 27.1 Å². The molecule has 1 N–H and O–H groups in total. The summed E-state index contributed by atoms with van der Waals surface area (Å²) in [5, 5.41) is 2.72. The number of halogens is 1. The Hall–Kier alpha value is -1.63. The quantitative estimate of drug-likeness (QED) is 0.886. The minimum absolute atomic E-state index is 0.0899. The fraction of sp³-hybridized carbons (Fsp3) is 0.533. The van der Waals surface area contributed by atoms with Crippen LogP contribution in [0.3, 0.4) is 0 Å². The number of hydrogen-bond donors (Lipinski definition) is 1. The van der Waals surface area contributed by atoms with Gasteiger partial charge in [-0.3, -0.25) is 4.79 Å². The highest BCUT2D eigenvalue weighted by Crippen LogP contribution is 2.21. The molecule has 1 aliphatic rings. The summed E-state index contributed by atoms with van der Waals surface area (Å²) < 4.78 is 36.5. The Kier molecular flexibility index (Phi) is 5.05. The van der Waals surface area contributed by atoms with Gasteiger partial charge in [0.1, 0.15) is 5.82 Å². The van der Waals surface area contributed by atoms with Crippen molar-refractivity contribution in [1.82, 2.24) is 5.32 Å². The number of rotatable bonds is 5. The third-order valence-electron chi connectivity index (χ3n) is 3.78. The summed E-state index contributed by atoms with van der Waals surface area (Å²) >= 11 is 0. The third kappa shape index (κ3) is 4.43. The fourth-order valence-corrected chi connectivity index (χ4v) is 4.45. The smallest absolute Gasteiger partial charge is 0.220 e. The van der Waals surface area contributed by atoms with Crippen LogP contribution in [0, 0.1) is 11.7 Å². The molecule has 1 unspecified atom stereocenters. The molecule has 22 heavy (non-hydrogen) atoms. The molecule has 1 atom stereocenters. The lowest BCUT2D eigenvalue weighted by molar-refractivity contribution is -0.122. The lowest BCUT2D eigenvalue weighted by Crippen LogP contribution is -2.25. The van der Waals surface area contributed by atoms with Gasteiger partial charge < -0.3 is 10.2 Å². The van der Waals surface area contributed by atoms with Gasteiger partial charge in [0.05, 0.1) is 17.2 Å². The average Bonchev–Trinajstić information content (AvgIpc) is 2.75. The van der Waals surface area contributed by atoms with Crippen LogP contribution in [0.5, 0.6) is 0 Å². The van der Waals surface area contributed by atoms with E-state index in [1.165, 1.54) is 6.07 Å². The summed E-state index contributed by atoms with van der Waals surface area (Å²) in [5.74, 6) is -0.370. The minimum atomic E-state index is -2.96. The SMILES string of the molecule is CN(C)c1ccc(CNC(=O)CC2CCS(=O)(=O)C2)cc1F. The Morgan fingerprint density at radius 2 is 2.14 bits per heavy atom. The van der Waals surface area contributed by atoms with Crippen molar-refractivity contribution in [3.63, 3.8) is 0 Å². The number of amides is 1. The summed E-state index contributed by atoms with van der Waals surface area (Å²) in [4.78, 5) is 13.5. The molecular formula is C15H21FN2O3S. The summed E-state index contributed by atoms with van der Waals surface area (Å²) in [7, 11) is 0.558. The topological polar surface area (TPSA) is 66.5 Å². The Morgan fingerprint density at radius 1 is 1.41 bits per heavy atom. The van der Waals surface area contributed by atoms with Crippen LogP contribution in [0.25, 0.3) is 0 Å². The highest BCUT2D eigenvalue weighted by molar-refractivity contribution is 7.91. The molecule has 0 bridgehead atoms. The van der Waals surface area contributed by atoms with Crippen LogP contribution in [0.2, 0.25) is 0 Å². The average molecular weight is 328 g/mol. The maximum atomic E-state index is 13.8. The maximum absolute atomic E-state index is 13.8. The number of anilines is 1. The van der Waals surface area contributed by atoms with Gasteiger partial charge in [0.15, 0.2) is 9.84 Å². The molecule has 0 radical (unpaired) electrons. The molecule has 0 aliphatic carbocycles. The fourth-order valence-electron chi connectivity index (χ4n) is 2.59. The first-order valence-electron chi connectivity index (χ1n) is 7.20. The predicted molar refractivity (Wildman–Crippen MR) is 84.0 cm³/mol. The second kappa shape index (κ2) is 6.64. The largest absolute Gasteiger partial charge is 0.375 e. The monoisotopic (exact) mass is 328 g/mol. The zero-order chi connectivity index (χ0) is 16.3. The molecule has 1 heterocycles. The standard InChI is InChI=1S/C15H21FN2O3S/c1-18(2)14-4-3-11(7-13(14)16)9-17-15(19)8-12-5-6-22(20,21)10-12/h3-4,7,12H,5-6,8-10H2,1-2H3,(H,17,19). The van der Waals surface area contributed by atoms with E-state index in [0.29, 0.717) is 17.7 Å². The van der Waals surface area contributed by atoms with E-state index in [1.54, 1.807) is 31.1 Å². The first-order chi connectivity index (χ1) is 10.3. The van der Waals surface area contributed by atoms with Crippen molar-refractivity contribution in [2.24, 2.45) is 5.92 Å². The van der Waals surface area contributed by atoms with E-state index in [0.717, 1.165) is 0 Å². The molecule has 122 valence electrons. The second-order valence-electron chi connectivity index (χ2n) is 5.93. The number of nitrogens with zero attached hydrogens (tertiary/aromatic N) is 1. The minimum Gasteiger partial charge on any atom is -0.375 e. The molecule has 1 amide bonds. The molecule has 2 rings (SSSR count). The Morgan fingerprint density at radius 3 is 2.68 bits per heavy atom. The van der Waals surface area contributed by atoms with Gasteiger partial charge in [-0.15, -0.1) is 0 Å². The molecule has 0 saturated carbocycles. The molecule has 1 saturated heterocycles. The Bertz CT molecular complexity index is 659. The van der Waals surface area contributed by atoms with Crippen LogP contribution in [-0.2, 0) is 21.2 Å². The number of benzene rings is 1. The number of carbonyl (C=O) groups is 1. The second-order valence-corrected chi connectivity index (χ2v) is 8.16. The van der Waals surface area contributed by atoms with Crippen molar-refractivity contribution >= 4 is 21.4 Å². The first kappa shape index (κ1) is 16.7. The maximum Gasteiger partial charge on any atom is 0.220 e. The normalized spacial score (nSPS) is 19.9. The lowest BCUT2D eigenvalue weighted by atomic mass is 10.0. The van der Waals surface area contributed by atoms with E-state index < -0.39 is 9.84 Å². The third-order valence-corrected chi connectivity index (χ3v) is 5.62. The van der Waals surface area contributed by atoms with Gasteiger partial charge >= 0.3 is 0 Å². The van der Waals surface area contributed by atoms with Crippen molar-refractivity contribution in [1.29, 1.82) is 0 Å². The summed E-state index contributed by atoms with van der Waals surface area (Å²) in [5.41, 5.74) is 1.17. The molecule has 0 spiro atoms. The van der Waals surface area contributed by atoms with Gasteiger partial charge in [-0.2, -0.15) is 0 Å². The van der Waals surface area contributed by atoms with Crippen LogP contribution in [0.4, 0.5) is 10.1 Å². The van der Waals surface area contributed by atoms with Crippen molar-refractivity contribution in [2.45, 2.75) is 19.4 Å². The molecule has 7 heteroatoms. The van der Waals surface area contributed by atoms with E-state index in [1.807, 2.05) is 0 Å². The Labute approximate surface area is 130 Å². The molecule has 1 aromatic rings. The lowest BCUT2D eigenvalue weighted by Gasteiger charge is -2.14. The molecule has 1 aliphatic heterocycles. The van der Waals surface area contributed by atoms with Gasteiger partial charge in [-0.1, -0.05) is 6.07 Å². The number of hydrogen-bond acceptors (Lipinski definition) is 4.